The molecule has 0 radical (unpaired) electrons. The second-order valence-electron chi connectivity index (χ2n) is 4.06. The van der Waals surface area contributed by atoms with Gasteiger partial charge in [0.05, 0.1) is 0 Å². The summed E-state index contributed by atoms with van der Waals surface area (Å²) in [6.07, 6.45) is -9.09. The maximum absolute atomic E-state index is 12.1. The summed E-state index contributed by atoms with van der Waals surface area (Å²) < 4.78 is 86.9. The van der Waals surface area contributed by atoms with Gasteiger partial charge in [-0.3, -0.25) is 9.59 Å². The molecule has 24 heavy (non-hydrogen) atoms. The van der Waals surface area contributed by atoms with Gasteiger partial charge < -0.3 is 5.32 Å². The largest absolute Gasteiger partial charge is 0.471 e. The Hall–Kier alpha value is -1.76. The van der Waals surface area contributed by atoms with Crippen molar-refractivity contribution in [1.29, 1.82) is 0 Å². The minimum Gasteiger partial charge on any atom is -0.318 e. The lowest BCUT2D eigenvalue weighted by atomic mass is 10.3. The molecule has 0 saturated heterocycles. The topological polar surface area (TPSA) is 75.6 Å². The summed E-state index contributed by atoms with van der Waals surface area (Å²) in [6.45, 7) is 0. The molecule has 0 fully saturated rings. The van der Waals surface area contributed by atoms with Crippen LogP contribution in [0.3, 0.4) is 0 Å². The Morgan fingerprint density at radius 2 is 1.50 bits per heavy atom. The van der Waals surface area contributed by atoms with Crippen molar-refractivity contribution in [2.45, 2.75) is 17.2 Å². The highest BCUT2D eigenvalue weighted by Gasteiger charge is 2.43. The molecule has 134 valence electrons. The zero-order chi connectivity index (χ0) is 18.7. The van der Waals surface area contributed by atoms with E-state index >= 15 is 0 Å². The highest BCUT2D eigenvalue weighted by Crippen LogP contribution is 2.21. The molecule has 0 spiro atoms. The van der Waals surface area contributed by atoms with E-state index in [9.17, 15) is 40.1 Å². The molecule has 1 aromatic rings. The Morgan fingerprint density at radius 3 is 1.92 bits per heavy atom. The average molecular weight is 394 g/mol. The van der Waals surface area contributed by atoms with Gasteiger partial charge in [-0.25, -0.2) is 4.21 Å². The van der Waals surface area contributed by atoms with E-state index in [4.69, 9.17) is 0 Å². The molecular formula is C11H8F6N2O3S2. The fourth-order valence-corrected chi connectivity index (χ4v) is 3.37. The number of alkyl halides is 6. The normalized spacial score (nSPS) is 15.0. The number of nitrogens with zero attached hydrogens (tertiary/aromatic N) is 1. The van der Waals surface area contributed by atoms with Crippen molar-refractivity contribution in [1.82, 2.24) is 0 Å². The van der Waals surface area contributed by atoms with Crippen LogP contribution in [-0.2, 0) is 31.3 Å². The standard InChI is InChI=1S/C11H8F6N2O3S2/c1-23(19-24(22)9(21)11(15,16)17)7-4-2-6(3-5-7)18-8(20)10(12,13)14/h2-5H,1H3,(H,18,20). The van der Waals surface area contributed by atoms with Crippen LogP contribution in [0.25, 0.3) is 0 Å². The van der Waals surface area contributed by atoms with E-state index in [1.807, 2.05) is 0 Å². The van der Waals surface area contributed by atoms with Gasteiger partial charge in [-0.15, -0.1) is 0 Å². The van der Waals surface area contributed by atoms with Gasteiger partial charge >= 0.3 is 23.4 Å². The van der Waals surface area contributed by atoms with Gasteiger partial charge in [0.2, 0.25) is 11.0 Å². The smallest absolute Gasteiger partial charge is 0.318 e. The Kier molecular flexibility index (Phi) is 6.27. The van der Waals surface area contributed by atoms with Gasteiger partial charge in [-0.1, -0.05) is 10.7 Å². The number of anilines is 1. The van der Waals surface area contributed by atoms with E-state index in [0.717, 1.165) is 12.1 Å². The summed E-state index contributed by atoms with van der Waals surface area (Å²) in [5.74, 6) is -2.19. The maximum atomic E-state index is 12.1. The van der Waals surface area contributed by atoms with Crippen molar-refractivity contribution in [2.24, 2.45) is 3.77 Å². The Morgan fingerprint density at radius 1 is 1.00 bits per heavy atom. The van der Waals surface area contributed by atoms with Crippen molar-refractivity contribution in [3.8, 4) is 0 Å². The second-order valence-corrected chi connectivity index (χ2v) is 6.96. The monoisotopic (exact) mass is 394 g/mol. The number of carbonyl (C=O) groups is 2. The molecule has 2 unspecified atom stereocenters. The summed E-state index contributed by atoms with van der Waals surface area (Å²) >= 11 is 0. The Balaban J connectivity index is 2.89. The molecule has 0 aliphatic heterocycles. The van der Waals surface area contributed by atoms with Crippen LogP contribution < -0.4 is 5.32 Å². The van der Waals surface area contributed by atoms with Crippen molar-refractivity contribution >= 4 is 38.4 Å². The third kappa shape index (κ3) is 5.70. The van der Waals surface area contributed by atoms with Crippen LogP contribution in [0.15, 0.2) is 32.9 Å². The molecule has 0 aliphatic rings. The summed E-state index contributed by atoms with van der Waals surface area (Å²) in [5, 5.41) is -0.931. The number of benzene rings is 1. The molecule has 1 aromatic carbocycles. The lowest BCUT2D eigenvalue weighted by molar-refractivity contribution is -0.167. The van der Waals surface area contributed by atoms with Crippen LogP contribution in [0.4, 0.5) is 32.0 Å². The third-order valence-corrected chi connectivity index (χ3v) is 5.22. The summed E-state index contributed by atoms with van der Waals surface area (Å²) in [4.78, 5) is 21.7. The molecule has 0 aliphatic carbocycles. The highest BCUT2D eigenvalue weighted by molar-refractivity contribution is 8.05. The van der Waals surface area contributed by atoms with Crippen LogP contribution in [0.2, 0.25) is 0 Å². The Labute approximate surface area is 136 Å². The molecule has 0 heterocycles. The molecule has 1 amide bonds. The van der Waals surface area contributed by atoms with Gasteiger partial charge in [0.1, 0.15) is 0 Å². The van der Waals surface area contributed by atoms with Gasteiger partial charge in [0.25, 0.3) is 0 Å². The van der Waals surface area contributed by atoms with E-state index in [2.05, 4.69) is 3.77 Å². The first-order valence-electron chi connectivity index (χ1n) is 5.71. The van der Waals surface area contributed by atoms with Gasteiger partial charge in [-0.05, 0) is 30.5 Å². The van der Waals surface area contributed by atoms with E-state index in [1.54, 1.807) is 5.32 Å². The fourth-order valence-electron chi connectivity index (χ4n) is 1.21. The summed E-state index contributed by atoms with van der Waals surface area (Å²) in [7, 11) is -4.52. The van der Waals surface area contributed by atoms with Crippen molar-refractivity contribution < 1.29 is 40.1 Å². The predicted octanol–water partition coefficient (Wildman–Crippen LogP) is 2.73. The second kappa shape index (κ2) is 7.42. The molecule has 1 rings (SSSR count). The van der Waals surface area contributed by atoms with Crippen molar-refractivity contribution in [3.05, 3.63) is 24.3 Å². The predicted molar refractivity (Wildman–Crippen MR) is 74.3 cm³/mol. The van der Waals surface area contributed by atoms with E-state index in [0.29, 0.717) is 0 Å². The van der Waals surface area contributed by atoms with Crippen molar-refractivity contribution in [3.63, 3.8) is 0 Å². The maximum Gasteiger partial charge on any atom is 0.471 e. The quantitative estimate of drug-likeness (QED) is 0.801. The Bertz CT molecular complexity index is 697. The molecule has 5 nitrogen and oxygen atoms in total. The number of rotatable bonds is 3. The van der Waals surface area contributed by atoms with Crippen molar-refractivity contribution in [2.75, 3.05) is 11.6 Å². The highest BCUT2D eigenvalue weighted by atomic mass is 32.2. The van der Waals surface area contributed by atoms with Gasteiger partial charge in [-0.2, -0.15) is 30.1 Å². The zero-order valence-electron chi connectivity index (χ0n) is 11.6. The first-order valence-corrected chi connectivity index (χ1v) is 8.41. The number of nitrogens with one attached hydrogen (secondary N) is 1. The average Bonchev–Trinajstić information content (AvgIpc) is 2.45. The minimum atomic E-state index is -5.29. The first kappa shape index (κ1) is 20.3. The van der Waals surface area contributed by atoms with Crippen LogP contribution in [0.5, 0.6) is 0 Å². The fraction of sp³-hybridized carbons (Fsp3) is 0.273. The summed E-state index contributed by atoms with van der Waals surface area (Å²) in [6, 6.07) is 4.47. The number of halogens is 6. The van der Waals surface area contributed by atoms with Crippen LogP contribution in [0.1, 0.15) is 0 Å². The molecule has 0 bridgehead atoms. The lowest BCUT2D eigenvalue weighted by Gasteiger charge is -2.09. The number of carbonyl (C=O) groups excluding carboxylic acids is 2. The van der Waals surface area contributed by atoms with Crippen LogP contribution in [-0.4, -0.2) is 33.8 Å². The van der Waals surface area contributed by atoms with Crippen LogP contribution in [0, 0.1) is 0 Å². The molecule has 0 aromatic heterocycles. The first-order chi connectivity index (χ1) is 10.8. The molecule has 0 saturated carbocycles. The number of amides is 1. The molecule has 2 atom stereocenters. The molecular weight excluding hydrogens is 386 g/mol. The van der Waals surface area contributed by atoms with Gasteiger partial charge in [0.15, 0.2) is 0 Å². The van der Waals surface area contributed by atoms with E-state index in [1.165, 1.54) is 18.4 Å². The van der Waals surface area contributed by atoms with E-state index in [-0.39, 0.29) is 10.6 Å². The number of hydrogen-bond acceptors (Lipinski definition) is 3. The molecule has 13 heteroatoms. The SMILES string of the molecule is CS(=NS(=O)C(=O)C(F)(F)F)c1ccc(NC(=O)C(F)(F)F)cc1. The van der Waals surface area contributed by atoms with Gasteiger partial charge in [0, 0.05) is 10.6 Å². The summed E-state index contributed by atoms with van der Waals surface area (Å²) in [5.41, 5.74) is -0.203. The molecule has 1 N–H and O–H groups in total. The minimum absolute atomic E-state index is 0.203. The zero-order valence-corrected chi connectivity index (χ0v) is 13.2. The van der Waals surface area contributed by atoms with Crippen LogP contribution >= 0.6 is 0 Å². The lowest BCUT2D eigenvalue weighted by Crippen LogP contribution is -2.29. The van der Waals surface area contributed by atoms with E-state index < -0.39 is 45.1 Å². The number of hydrogen-bond donors (Lipinski definition) is 1. The third-order valence-electron chi connectivity index (χ3n) is 2.28.